The fraction of sp³-hybridized carbons (Fsp3) is 0.0690. The molecule has 0 saturated carbocycles. The Bertz CT molecular complexity index is 1270. The maximum absolute atomic E-state index is 7.51. The molecule has 1 atom stereocenters. The second kappa shape index (κ2) is 11.0. The van der Waals surface area contributed by atoms with Gasteiger partial charge in [-0.3, -0.25) is 0 Å². The maximum atomic E-state index is 7.51. The van der Waals surface area contributed by atoms with Crippen LogP contribution in [0.1, 0.15) is 11.7 Å². The van der Waals surface area contributed by atoms with Crippen molar-refractivity contribution in [1.82, 2.24) is 9.55 Å². The van der Waals surface area contributed by atoms with Gasteiger partial charge in [-0.15, -0.1) is 0 Å². The average Bonchev–Trinajstić information content (AvgIpc) is 3.41. The molecule has 174 valence electrons. The van der Waals surface area contributed by atoms with Crippen molar-refractivity contribution in [2.45, 2.75) is 12.6 Å². The SMILES string of the molecule is Clc1ccc(C(Cn2ccnc2)[O][Sn]([c]2ccccc2)([c]2ccccc2)[c]2ccccc2)c(Cl)c1. The van der Waals surface area contributed by atoms with Gasteiger partial charge < -0.3 is 0 Å². The van der Waals surface area contributed by atoms with Crippen LogP contribution in [0.2, 0.25) is 10.0 Å². The summed E-state index contributed by atoms with van der Waals surface area (Å²) in [7, 11) is 0. The molecule has 0 aliphatic carbocycles. The van der Waals surface area contributed by atoms with Crippen molar-refractivity contribution >= 4 is 52.7 Å². The summed E-state index contributed by atoms with van der Waals surface area (Å²) in [5, 5.41) is 1.20. The van der Waals surface area contributed by atoms with Crippen molar-refractivity contribution in [2.24, 2.45) is 0 Å². The third-order valence-corrected chi connectivity index (χ3v) is 18.3. The molecule has 0 N–H and O–H groups in total. The molecule has 1 unspecified atom stereocenters. The topological polar surface area (TPSA) is 27.1 Å². The Labute approximate surface area is 220 Å². The Kier molecular flexibility index (Phi) is 7.59. The predicted molar refractivity (Wildman–Crippen MR) is 146 cm³/mol. The van der Waals surface area contributed by atoms with E-state index in [2.05, 4.69) is 96.0 Å². The molecule has 0 aliphatic heterocycles. The minimum atomic E-state index is -4.03. The summed E-state index contributed by atoms with van der Waals surface area (Å²) in [5.74, 6) is 0. The van der Waals surface area contributed by atoms with Gasteiger partial charge in [-0.05, 0) is 0 Å². The number of hydrogen-bond acceptors (Lipinski definition) is 2. The summed E-state index contributed by atoms with van der Waals surface area (Å²) in [6, 6.07) is 37.6. The summed E-state index contributed by atoms with van der Waals surface area (Å²) < 4.78 is 13.3. The van der Waals surface area contributed by atoms with Crippen LogP contribution in [-0.2, 0) is 9.62 Å². The van der Waals surface area contributed by atoms with Crippen LogP contribution < -0.4 is 10.7 Å². The van der Waals surface area contributed by atoms with Crippen LogP contribution in [0.4, 0.5) is 0 Å². The third-order valence-electron chi connectivity index (χ3n) is 6.11. The standard InChI is InChI=1S/C11H9Cl2N2O.3C6H5.Sn/c12-8-1-2-9(10(13)5-8)11(16)6-15-4-3-14-7-15;3*1-2-4-6-5-3-1;/h1-5,7,11H,6H2;3*1-5H;/q-1;;;;+1. The molecule has 5 rings (SSSR count). The monoisotopic (exact) mass is 606 g/mol. The minimum absolute atomic E-state index is 0.314. The molecule has 4 aromatic carbocycles. The number of rotatable bonds is 8. The average molecular weight is 606 g/mol. The van der Waals surface area contributed by atoms with Crippen LogP contribution in [-0.4, -0.2) is 28.3 Å². The van der Waals surface area contributed by atoms with E-state index in [1.165, 1.54) is 10.7 Å². The number of benzene rings is 4. The molecular weight excluding hydrogens is 582 g/mol. The van der Waals surface area contributed by atoms with Crippen LogP contribution in [0.15, 0.2) is 128 Å². The first kappa shape index (κ1) is 24.1. The van der Waals surface area contributed by atoms with E-state index >= 15 is 0 Å². The van der Waals surface area contributed by atoms with Crippen molar-refractivity contribution in [3.8, 4) is 0 Å². The summed E-state index contributed by atoms with van der Waals surface area (Å²) in [4.78, 5) is 4.25. The van der Waals surface area contributed by atoms with Gasteiger partial charge in [0.05, 0.1) is 0 Å². The molecule has 0 saturated heterocycles. The fourth-order valence-electron chi connectivity index (χ4n) is 4.48. The normalized spacial score (nSPS) is 12.4. The zero-order valence-corrected chi connectivity index (χ0v) is 23.3. The molecule has 3 nitrogen and oxygen atoms in total. The molecular formula is C29H24Cl2N2OSn. The third kappa shape index (κ3) is 5.19. The van der Waals surface area contributed by atoms with E-state index in [0.717, 1.165) is 5.56 Å². The summed E-state index contributed by atoms with van der Waals surface area (Å²) >= 11 is 9.00. The van der Waals surface area contributed by atoms with Gasteiger partial charge >= 0.3 is 222 Å². The van der Waals surface area contributed by atoms with E-state index in [1.807, 2.05) is 29.2 Å². The van der Waals surface area contributed by atoms with E-state index in [-0.39, 0.29) is 6.10 Å². The van der Waals surface area contributed by atoms with Crippen LogP contribution in [0.5, 0.6) is 0 Å². The van der Waals surface area contributed by atoms with E-state index < -0.39 is 18.8 Å². The Morgan fingerprint density at radius 2 is 1.29 bits per heavy atom. The Hall–Kier alpha value is -2.57. The summed E-state index contributed by atoms with van der Waals surface area (Å²) in [5.41, 5.74) is 0.911. The molecule has 0 fully saturated rings. The number of imidazole rings is 1. The number of aromatic nitrogens is 2. The van der Waals surface area contributed by atoms with E-state index in [1.54, 1.807) is 12.3 Å². The Morgan fingerprint density at radius 3 is 1.74 bits per heavy atom. The van der Waals surface area contributed by atoms with Crippen LogP contribution >= 0.6 is 23.2 Å². The molecule has 1 aromatic heterocycles. The van der Waals surface area contributed by atoms with Gasteiger partial charge in [-0.1, -0.05) is 0 Å². The van der Waals surface area contributed by atoms with Gasteiger partial charge in [0, 0.05) is 0 Å². The number of hydrogen-bond donors (Lipinski definition) is 0. The molecule has 0 radical (unpaired) electrons. The molecule has 5 aromatic rings. The second-order valence-corrected chi connectivity index (χ2v) is 18.7. The first-order chi connectivity index (χ1) is 17.2. The zero-order chi connectivity index (χ0) is 24.1. The van der Waals surface area contributed by atoms with E-state index in [4.69, 9.17) is 26.3 Å². The molecule has 6 heteroatoms. The van der Waals surface area contributed by atoms with Crippen LogP contribution in [0.3, 0.4) is 0 Å². The molecule has 0 bridgehead atoms. The molecule has 0 aliphatic rings. The Balaban J connectivity index is 1.74. The number of nitrogens with zero attached hydrogens (tertiary/aromatic N) is 2. The van der Waals surface area contributed by atoms with Gasteiger partial charge in [0.15, 0.2) is 0 Å². The van der Waals surface area contributed by atoms with Gasteiger partial charge in [-0.25, -0.2) is 0 Å². The van der Waals surface area contributed by atoms with Crippen LogP contribution in [0, 0.1) is 0 Å². The van der Waals surface area contributed by atoms with Gasteiger partial charge in [0.25, 0.3) is 0 Å². The van der Waals surface area contributed by atoms with Crippen molar-refractivity contribution < 1.29 is 3.07 Å². The first-order valence-corrected chi connectivity index (χ1v) is 17.6. The molecule has 35 heavy (non-hydrogen) atoms. The van der Waals surface area contributed by atoms with E-state index in [9.17, 15) is 0 Å². The predicted octanol–water partition coefficient (Wildman–Crippen LogP) is 5.61. The molecule has 0 amide bonds. The van der Waals surface area contributed by atoms with Gasteiger partial charge in [0.2, 0.25) is 0 Å². The summed E-state index contributed by atoms with van der Waals surface area (Å²) in [6.07, 6.45) is 5.23. The number of halogens is 2. The first-order valence-electron chi connectivity index (χ1n) is 11.4. The second-order valence-electron chi connectivity index (χ2n) is 8.31. The zero-order valence-electron chi connectivity index (χ0n) is 19.0. The van der Waals surface area contributed by atoms with Crippen molar-refractivity contribution in [3.63, 3.8) is 0 Å². The van der Waals surface area contributed by atoms with Crippen molar-refractivity contribution in [1.29, 1.82) is 0 Å². The quantitative estimate of drug-likeness (QED) is 0.215. The Morgan fingerprint density at radius 1 is 0.743 bits per heavy atom. The van der Waals surface area contributed by atoms with Crippen molar-refractivity contribution in [2.75, 3.05) is 0 Å². The van der Waals surface area contributed by atoms with Crippen LogP contribution in [0.25, 0.3) is 0 Å². The van der Waals surface area contributed by atoms with Crippen molar-refractivity contribution in [3.05, 3.63) is 144 Å². The van der Waals surface area contributed by atoms with E-state index in [0.29, 0.717) is 16.6 Å². The fourth-order valence-corrected chi connectivity index (χ4v) is 16.5. The van der Waals surface area contributed by atoms with Gasteiger partial charge in [-0.2, -0.15) is 0 Å². The molecule has 1 heterocycles. The van der Waals surface area contributed by atoms with Gasteiger partial charge in [0.1, 0.15) is 0 Å². The summed E-state index contributed by atoms with van der Waals surface area (Å²) in [6.45, 7) is 0.576. The molecule has 0 spiro atoms.